The largest absolute Gasteiger partial charge is 0.322 e. The summed E-state index contributed by atoms with van der Waals surface area (Å²) in [5.41, 5.74) is 3.08. The number of rotatable bonds is 1. The summed E-state index contributed by atoms with van der Waals surface area (Å²) in [7, 11) is 0. The summed E-state index contributed by atoms with van der Waals surface area (Å²) in [5.74, 6) is 0. The van der Waals surface area contributed by atoms with Crippen molar-refractivity contribution >= 4 is 11.7 Å². The summed E-state index contributed by atoms with van der Waals surface area (Å²) in [5, 5.41) is 7.20. The standard InChI is InChI=1S/C14H16N4O.C2H6/c1-11-9-15-18-8-7-17(10-13(11)18)14(19)16-12-5-3-2-4-6-12;1-2/h2-6,9H,7-8,10H2,1H3,(H,16,19);1-2H3. The van der Waals surface area contributed by atoms with Gasteiger partial charge in [-0.15, -0.1) is 0 Å². The van der Waals surface area contributed by atoms with Crippen LogP contribution < -0.4 is 5.32 Å². The molecule has 5 heteroatoms. The molecular weight excluding hydrogens is 264 g/mol. The first-order valence-electron chi connectivity index (χ1n) is 7.36. The zero-order chi connectivity index (χ0) is 15.2. The molecule has 21 heavy (non-hydrogen) atoms. The maximum Gasteiger partial charge on any atom is 0.322 e. The maximum atomic E-state index is 12.2. The van der Waals surface area contributed by atoms with Gasteiger partial charge >= 0.3 is 6.03 Å². The summed E-state index contributed by atoms with van der Waals surface area (Å²) < 4.78 is 1.97. The third kappa shape index (κ3) is 3.42. The molecule has 0 saturated heterocycles. The number of hydrogen-bond acceptors (Lipinski definition) is 2. The summed E-state index contributed by atoms with van der Waals surface area (Å²) in [6.07, 6.45) is 1.86. The van der Waals surface area contributed by atoms with Gasteiger partial charge in [-0.25, -0.2) is 4.79 Å². The van der Waals surface area contributed by atoms with Crippen LogP contribution in [0.1, 0.15) is 25.1 Å². The quantitative estimate of drug-likeness (QED) is 0.874. The molecular formula is C16H22N4O. The molecule has 1 N–H and O–H groups in total. The fraction of sp³-hybridized carbons (Fsp3) is 0.375. The number of carbonyl (C=O) groups excluding carboxylic acids is 1. The van der Waals surface area contributed by atoms with E-state index in [9.17, 15) is 4.79 Å². The molecule has 2 aromatic rings. The average Bonchev–Trinajstić information content (AvgIpc) is 2.91. The Morgan fingerprint density at radius 3 is 2.62 bits per heavy atom. The molecule has 2 heterocycles. The normalized spacial score (nSPS) is 13.0. The van der Waals surface area contributed by atoms with Crippen molar-refractivity contribution in [2.45, 2.75) is 33.9 Å². The predicted molar refractivity (Wildman–Crippen MR) is 84.2 cm³/mol. The first-order chi connectivity index (χ1) is 10.2. The Kier molecular flexibility index (Phi) is 4.98. The van der Waals surface area contributed by atoms with Crippen molar-refractivity contribution in [3.05, 3.63) is 47.8 Å². The highest BCUT2D eigenvalue weighted by atomic mass is 16.2. The monoisotopic (exact) mass is 286 g/mol. The molecule has 0 spiro atoms. The van der Waals surface area contributed by atoms with Gasteiger partial charge in [-0.1, -0.05) is 32.0 Å². The van der Waals surface area contributed by atoms with Crippen molar-refractivity contribution in [3.8, 4) is 0 Å². The first kappa shape index (κ1) is 15.1. The Morgan fingerprint density at radius 1 is 1.19 bits per heavy atom. The van der Waals surface area contributed by atoms with Crippen LogP contribution in [0.25, 0.3) is 0 Å². The van der Waals surface area contributed by atoms with Crippen LogP contribution in [0.2, 0.25) is 0 Å². The lowest BCUT2D eigenvalue weighted by atomic mass is 10.2. The molecule has 1 aromatic heterocycles. The molecule has 112 valence electrons. The van der Waals surface area contributed by atoms with E-state index in [1.54, 1.807) is 0 Å². The molecule has 5 nitrogen and oxygen atoms in total. The Bertz CT molecular complexity index is 592. The van der Waals surface area contributed by atoms with Crippen LogP contribution in [0, 0.1) is 6.92 Å². The minimum Gasteiger partial charge on any atom is -0.317 e. The second kappa shape index (κ2) is 6.92. The molecule has 1 aliphatic heterocycles. The van der Waals surface area contributed by atoms with Crippen LogP contribution >= 0.6 is 0 Å². The molecule has 0 radical (unpaired) electrons. The SMILES string of the molecule is CC.Cc1cnn2c1CN(C(=O)Nc1ccccc1)CC2. The number of urea groups is 1. The van der Waals surface area contributed by atoms with Crippen LogP contribution in [0.3, 0.4) is 0 Å². The third-order valence-corrected chi connectivity index (χ3v) is 3.39. The van der Waals surface area contributed by atoms with Crippen molar-refractivity contribution in [1.82, 2.24) is 14.7 Å². The highest BCUT2D eigenvalue weighted by molar-refractivity contribution is 5.89. The number of benzene rings is 1. The van der Waals surface area contributed by atoms with E-state index in [-0.39, 0.29) is 6.03 Å². The zero-order valence-electron chi connectivity index (χ0n) is 12.8. The topological polar surface area (TPSA) is 50.2 Å². The van der Waals surface area contributed by atoms with Gasteiger partial charge in [-0.05, 0) is 24.6 Å². The first-order valence-corrected chi connectivity index (χ1v) is 7.36. The number of aryl methyl sites for hydroxylation is 1. The number of carbonyl (C=O) groups is 1. The molecule has 0 bridgehead atoms. The molecule has 0 fully saturated rings. The molecule has 1 aromatic carbocycles. The Labute approximate surface area is 125 Å². The van der Waals surface area contributed by atoms with Crippen molar-refractivity contribution in [2.24, 2.45) is 0 Å². The minimum absolute atomic E-state index is 0.0574. The van der Waals surface area contributed by atoms with Crippen LogP contribution in [0.5, 0.6) is 0 Å². The van der Waals surface area contributed by atoms with Gasteiger partial charge in [0.25, 0.3) is 0 Å². The van der Waals surface area contributed by atoms with E-state index in [2.05, 4.69) is 10.4 Å². The smallest absolute Gasteiger partial charge is 0.317 e. The highest BCUT2D eigenvalue weighted by Gasteiger charge is 2.22. The van der Waals surface area contributed by atoms with E-state index in [1.807, 2.05) is 66.9 Å². The molecule has 3 rings (SSSR count). The van der Waals surface area contributed by atoms with Gasteiger partial charge in [0.2, 0.25) is 0 Å². The predicted octanol–water partition coefficient (Wildman–Crippen LogP) is 3.27. The Morgan fingerprint density at radius 2 is 1.90 bits per heavy atom. The number of anilines is 1. The number of hydrogen-bond donors (Lipinski definition) is 1. The van der Waals surface area contributed by atoms with Gasteiger partial charge < -0.3 is 10.2 Å². The van der Waals surface area contributed by atoms with Crippen LogP contribution in [0.4, 0.5) is 10.5 Å². The van der Waals surface area contributed by atoms with Gasteiger partial charge in [-0.2, -0.15) is 5.10 Å². The van der Waals surface area contributed by atoms with Crippen LogP contribution in [-0.2, 0) is 13.1 Å². The van der Waals surface area contributed by atoms with Crippen LogP contribution in [0.15, 0.2) is 36.5 Å². The van der Waals surface area contributed by atoms with Gasteiger partial charge in [-0.3, -0.25) is 4.68 Å². The molecule has 1 aliphatic rings. The summed E-state index contributed by atoms with van der Waals surface area (Å²) >= 11 is 0. The van der Waals surface area contributed by atoms with E-state index >= 15 is 0 Å². The second-order valence-electron chi connectivity index (χ2n) is 4.72. The maximum absolute atomic E-state index is 12.2. The number of nitrogens with zero attached hydrogens (tertiary/aromatic N) is 3. The number of nitrogens with one attached hydrogen (secondary N) is 1. The van der Waals surface area contributed by atoms with E-state index in [0.29, 0.717) is 13.1 Å². The summed E-state index contributed by atoms with van der Waals surface area (Å²) in [6.45, 7) is 8.08. The van der Waals surface area contributed by atoms with E-state index in [4.69, 9.17) is 0 Å². The van der Waals surface area contributed by atoms with Crippen molar-refractivity contribution in [1.29, 1.82) is 0 Å². The summed E-state index contributed by atoms with van der Waals surface area (Å²) in [6, 6.07) is 9.46. The zero-order valence-corrected chi connectivity index (χ0v) is 12.8. The molecule has 2 amide bonds. The fourth-order valence-corrected chi connectivity index (χ4v) is 2.28. The number of para-hydroxylation sites is 1. The number of aromatic nitrogens is 2. The van der Waals surface area contributed by atoms with E-state index in [1.165, 1.54) is 0 Å². The van der Waals surface area contributed by atoms with Gasteiger partial charge in [0.05, 0.1) is 25.0 Å². The lowest BCUT2D eigenvalue weighted by molar-refractivity contribution is 0.194. The van der Waals surface area contributed by atoms with Crippen molar-refractivity contribution in [2.75, 3.05) is 11.9 Å². The minimum atomic E-state index is -0.0574. The molecule has 0 atom stereocenters. The molecule has 0 aliphatic carbocycles. The second-order valence-corrected chi connectivity index (χ2v) is 4.72. The summed E-state index contributed by atoms with van der Waals surface area (Å²) in [4.78, 5) is 14.0. The Balaban J connectivity index is 0.000000774. The van der Waals surface area contributed by atoms with E-state index < -0.39 is 0 Å². The van der Waals surface area contributed by atoms with Crippen molar-refractivity contribution in [3.63, 3.8) is 0 Å². The van der Waals surface area contributed by atoms with Gasteiger partial charge in [0, 0.05) is 12.2 Å². The van der Waals surface area contributed by atoms with Crippen molar-refractivity contribution < 1.29 is 4.79 Å². The molecule has 0 unspecified atom stereocenters. The lowest BCUT2D eigenvalue weighted by Gasteiger charge is -2.28. The number of amides is 2. The van der Waals surface area contributed by atoms with Crippen LogP contribution in [-0.4, -0.2) is 27.3 Å². The fourth-order valence-electron chi connectivity index (χ4n) is 2.28. The lowest BCUT2D eigenvalue weighted by Crippen LogP contribution is -2.41. The Hall–Kier alpha value is -2.30. The van der Waals surface area contributed by atoms with E-state index in [0.717, 1.165) is 23.5 Å². The highest BCUT2D eigenvalue weighted by Crippen LogP contribution is 2.16. The third-order valence-electron chi connectivity index (χ3n) is 3.39. The van der Waals surface area contributed by atoms with Gasteiger partial charge in [0.15, 0.2) is 0 Å². The van der Waals surface area contributed by atoms with Gasteiger partial charge in [0.1, 0.15) is 0 Å². The molecule has 0 saturated carbocycles. The number of fused-ring (bicyclic) bond motifs is 1. The average molecular weight is 286 g/mol.